The van der Waals surface area contributed by atoms with Gasteiger partial charge in [-0.15, -0.1) is 0 Å². The number of rotatable bonds is 3. The van der Waals surface area contributed by atoms with Crippen molar-refractivity contribution in [1.82, 2.24) is 4.90 Å². The second kappa shape index (κ2) is 5.32. The van der Waals surface area contributed by atoms with Crippen LogP contribution in [0.4, 0.5) is 0 Å². The Morgan fingerprint density at radius 3 is 3.00 bits per heavy atom. The maximum absolute atomic E-state index is 10.7. The van der Waals surface area contributed by atoms with Crippen LogP contribution in [-0.4, -0.2) is 28.9 Å². The molecule has 1 saturated heterocycles. The molecule has 1 aliphatic heterocycles. The zero-order valence-corrected chi connectivity index (χ0v) is 10.2. The van der Waals surface area contributed by atoms with Crippen LogP contribution in [0.15, 0.2) is 18.2 Å². The Hall–Kier alpha value is -1.35. The molecule has 1 aliphatic rings. The quantitative estimate of drug-likeness (QED) is 0.816. The van der Waals surface area contributed by atoms with E-state index in [9.17, 15) is 9.90 Å². The minimum atomic E-state index is 0.286. The van der Waals surface area contributed by atoms with Crippen molar-refractivity contribution in [3.05, 3.63) is 29.3 Å². The van der Waals surface area contributed by atoms with E-state index < -0.39 is 0 Å². The number of carbonyl (C=O) groups is 1. The first-order chi connectivity index (χ1) is 8.20. The molecule has 1 atom stereocenters. The number of hydrogen-bond acceptors (Lipinski definition) is 3. The standard InChI is InChI=1S/C14H19NO2/c1-11-4-2-3-7-15(11)9-13-8-12(10-16)5-6-14(13)17/h5-6,8,10-11,17H,2-4,7,9H2,1H3. The first-order valence-corrected chi connectivity index (χ1v) is 6.22. The molecule has 2 rings (SSSR count). The average Bonchev–Trinajstić information content (AvgIpc) is 2.35. The van der Waals surface area contributed by atoms with Crippen LogP contribution >= 0.6 is 0 Å². The van der Waals surface area contributed by atoms with Crippen LogP contribution in [0.1, 0.15) is 42.1 Å². The fraction of sp³-hybridized carbons (Fsp3) is 0.500. The van der Waals surface area contributed by atoms with Crippen molar-refractivity contribution in [2.24, 2.45) is 0 Å². The molecule has 0 amide bonds. The van der Waals surface area contributed by atoms with E-state index in [2.05, 4.69) is 11.8 Å². The Balaban J connectivity index is 2.13. The largest absolute Gasteiger partial charge is 0.508 e. The minimum Gasteiger partial charge on any atom is -0.508 e. The van der Waals surface area contributed by atoms with Crippen molar-refractivity contribution in [3.8, 4) is 5.75 Å². The number of phenolic OH excluding ortho intramolecular Hbond substituents is 1. The maximum Gasteiger partial charge on any atom is 0.150 e. The van der Waals surface area contributed by atoms with E-state index in [1.54, 1.807) is 18.2 Å². The zero-order valence-electron chi connectivity index (χ0n) is 10.2. The van der Waals surface area contributed by atoms with Gasteiger partial charge in [-0.05, 0) is 44.5 Å². The van der Waals surface area contributed by atoms with Crippen molar-refractivity contribution in [2.45, 2.75) is 38.8 Å². The van der Waals surface area contributed by atoms with Crippen LogP contribution in [0, 0.1) is 0 Å². The number of nitrogens with zero attached hydrogens (tertiary/aromatic N) is 1. The molecule has 1 N–H and O–H groups in total. The number of benzene rings is 1. The molecule has 1 aromatic carbocycles. The third-order valence-corrected chi connectivity index (χ3v) is 3.55. The lowest BCUT2D eigenvalue weighted by Gasteiger charge is -2.33. The van der Waals surface area contributed by atoms with Gasteiger partial charge in [0.1, 0.15) is 12.0 Å². The number of carbonyl (C=O) groups excluding carboxylic acids is 1. The molecule has 0 radical (unpaired) electrons. The molecule has 17 heavy (non-hydrogen) atoms. The summed E-state index contributed by atoms with van der Waals surface area (Å²) >= 11 is 0. The average molecular weight is 233 g/mol. The van der Waals surface area contributed by atoms with Crippen molar-refractivity contribution in [1.29, 1.82) is 0 Å². The maximum atomic E-state index is 10.7. The van der Waals surface area contributed by atoms with Crippen molar-refractivity contribution < 1.29 is 9.90 Å². The molecule has 1 unspecified atom stereocenters. The van der Waals surface area contributed by atoms with Gasteiger partial charge in [0.15, 0.2) is 0 Å². The van der Waals surface area contributed by atoms with Crippen LogP contribution in [0.2, 0.25) is 0 Å². The monoisotopic (exact) mass is 233 g/mol. The van der Waals surface area contributed by atoms with E-state index in [1.807, 2.05) is 0 Å². The Labute approximate surface area is 102 Å². The number of hydrogen-bond donors (Lipinski definition) is 1. The molecule has 1 heterocycles. The molecular weight excluding hydrogens is 214 g/mol. The highest BCUT2D eigenvalue weighted by Gasteiger charge is 2.19. The fourth-order valence-electron chi connectivity index (χ4n) is 2.42. The topological polar surface area (TPSA) is 40.5 Å². The number of piperidine rings is 1. The second-order valence-electron chi connectivity index (χ2n) is 4.82. The van der Waals surface area contributed by atoms with Crippen LogP contribution in [0.5, 0.6) is 5.75 Å². The molecule has 0 saturated carbocycles. The van der Waals surface area contributed by atoms with Gasteiger partial charge in [0.25, 0.3) is 0 Å². The van der Waals surface area contributed by atoms with Crippen LogP contribution < -0.4 is 0 Å². The van der Waals surface area contributed by atoms with E-state index in [-0.39, 0.29) is 5.75 Å². The summed E-state index contributed by atoms with van der Waals surface area (Å²) in [5.74, 6) is 0.286. The lowest BCUT2D eigenvalue weighted by molar-refractivity contribution is 0.112. The van der Waals surface area contributed by atoms with E-state index in [0.29, 0.717) is 11.6 Å². The van der Waals surface area contributed by atoms with Crippen molar-refractivity contribution >= 4 is 6.29 Å². The van der Waals surface area contributed by atoms with Gasteiger partial charge in [-0.2, -0.15) is 0 Å². The van der Waals surface area contributed by atoms with Crippen LogP contribution in [0.3, 0.4) is 0 Å². The molecule has 92 valence electrons. The summed E-state index contributed by atoms with van der Waals surface area (Å²) in [6, 6.07) is 5.59. The van der Waals surface area contributed by atoms with Crippen molar-refractivity contribution in [3.63, 3.8) is 0 Å². The van der Waals surface area contributed by atoms with Gasteiger partial charge in [0, 0.05) is 23.7 Å². The summed E-state index contributed by atoms with van der Waals surface area (Å²) in [7, 11) is 0. The molecule has 3 heteroatoms. The van der Waals surface area contributed by atoms with Gasteiger partial charge in [0.2, 0.25) is 0 Å². The number of aldehydes is 1. The van der Waals surface area contributed by atoms with Gasteiger partial charge in [-0.25, -0.2) is 0 Å². The summed E-state index contributed by atoms with van der Waals surface area (Å²) in [5.41, 5.74) is 1.48. The predicted molar refractivity (Wildman–Crippen MR) is 67.2 cm³/mol. The first kappa shape index (κ1) is 12.1. The van der Waals surface area contributed by atoms with Crippen LogP contribution in [-0.2, 0) is 6.54 Å². The number of aromatic hydroxyl groups is 1. The number of likely N-dealkylation sites (tertiary alicyclic amines) is 1. The van der Waals surface area contributed by atoms with Gasteiger partial charge >= 0.3 is 0 Å². The third kappa shape index (κ3) is 2.86. The summed E-state index contributed by atoms with van der Waals surface area (Å²) in [6.07, 6.45) is 4.55. The van der Waals surface area contributed by atoms with Gasteiger partial charge in [-0.1, -0.05) is 6.42 Å². The third-order valence-electron chi connectivity index (χ3n) is 3.55. The highest BCUT2D eigenvalue weighted by Crippen LogP contribution is 2.24. The molecule has 3 nitrogen and oxygen atoms in total. The zero-order chi connectivity index (χ0) is 12.3. The summed E-state index contributed by atoms with van der Waals surface area (Å²) < 4.78 is 0. The van der Waals surface area contributed by atoms with E-state index in [0.717, 1.165) is 24.9 Å². The second-order valence-corrected chi connectivity index (χ2v) is 4.82. The normalized spacial score (nSPS) is 21.4. The lowest BCUT2D eigenvalue weighted by Crippen LogP contribution is -2.36. The fourth-order valence-corrected chi connectivity index (χ4v) is 2.42. The summed E-state index contributed by atoms with van der Waals surface area (Å²) in [4.78, 5) is 13.1. The van der Waals surface area contributed by atoms with Gasteiger partial charge < -0.3 is 5.11 Å². The highest BCUT2D eigenvalue weighted by atomic mass is 16.3. The Morgan fingerprint density at radius 2 is 2.29 bits per heavy atom. The molecule has 0 aliphatic carbocycles. The van der Waals surface area contributed by atoms with Crippen molar-refractivity contribution in [2.75, 3.05) is 6.54 Å². The molecular formula is C14H19NO2. The smallest absolute Gasteiger partial charge is 0.150 e. The van der Waals surface area contributed by atoms with Gasteiger partial charge in [-0.3, -0.25) is 9.69 Å². The van der Waals surface area contributed by atoms with E-state index in [4.69, 9.17) is 0 Å². The molecule has 0 spiro atoms. The SMILES string of the molecule is CC1CCCCN1Cc1cc(C=O)ccc1O. The van der Waals surface area contributed by atoms with E-state index >= 15 is 0 Å². The Morgan fingerprint density at radius 1 is 1.47 bits per heavy atom. The highest BCUT2D eigenvalue weighted by molar-refractivity contribution is 5.75. The number of phenols is 1. The molecule has 0 bridgehead atoms. The molecule has 1 aromatic rings. The Bertz CT molecular complexity index is 403. The minimum absolute atomic E-state index is 0.286. The van der Waals surface area contributed by atoms with Gasteiger partial charge in [0.05, 0.1) is 0 Å². The lowest BCUT2D eigenvalue weighted by atomic mass is 10.0. The predicted octanol–water partition coefficient (Wildman–Crippen LogP) is 2.58. The summed E-state index contributed by atoms with van der Waals surface area (Å²) in [5, 5.41) is 9.80. The summed E-state index contributed by atoms with van der Waals surface area (Å²) in [6.45, 7) is 4.03. The first-order valence-electron chi connectivity index (χ1n) is 6.22. The van der Waals surface area contributed by atoms with Crippen LogP contribution in [0.25, 0.3) is 0 Å². The molecule has 0 aromatic heterocycles. The Kier molecular flexibility index (Phi) is 3.79. The van der Waals surface area contributed by atoms with E-state index in [1.165, 1.54) is 19.3 Å². The molecule has 1 fully saturated rings.